The number of nitrogens with zero attached hydrogens (tertiary/aromatic N) is 2. The molecule has 0 unspecified atom stereocenters. The number of carbonyl (C=O) groups excluding carboxylic acids is 2. The third-order valence-electron chi connectivity index (χ3n) is 5.86. The predicted octanol–water partition coefficient (Wildman–Crippen LogP) is 4.61. The smallest absolute Gasteiger partial charge is 0.289 e. The number of amides is 2. The maximum atomic E-state index is 12.9. The van der Waals surface area contributed by atoms with E-state index in [0.29, 0.717) is 49.3 Å². The molecule has 0 bridgehead atoms. The fourth-order valence-corrected chi connectivity index (χ4v) is 4.03. The van der Waals surface area contributed by atoms with Gasteiger partial charge in [0.05, 0.1) is 11.6 Å². The first kappa shape index (κ1) is 22.1. The quantitative estimate of drug-likeness (QED) is 0.615. The van der Waals surface area contributed by atoms with Gasteiger partial charge in [-0.3, -0.25) is 14.5 Å². The third-order valence-corrected chi connectivity index (χ3v) is 6.19. The molecule has 1 fully saturated rings. The topological polar surface area (TPSA) is 65.8 Å². The SMILES string of the molecule is Cc1cccc(NC(=O)CN2CCN(C(=O)c3ccc(-c4ccccc4Cl)o3)CC2)c1C. The summed E-state index contributed by atoms with van der Waals surface area (Å²) in [6.45, 7) is 6.66. The average molecular weight is 452 g/mol. The summed E-state index contributed by atoms with van der Waals surface area (Å²) in [4.78, 5) is 29.2. The van der Waals surface area contributed by atoms with Gasteiger partial charge in [-0.1, -0.05) is 35.9 Å². The molecule has 1 aromatic heterocycles. The van der Waals surface area contributed by atoms with Crippen LogP contribution in [0.15, 0.2) is 59.0 Å². The average Bonchev–Trinajstić information content (AvgIpc) is 3.27. The molecule has 1 aliphatic heterocycles. The zero-order chi connectivity index (χ0) is 22.7. The lowest BCUT2D eigenvalue weighted by atomic mass is 10.1. The molecule has 6 nitrogen and oxygen atoms in total. The van der Waals surface area contributed by atoms with Crippen LogP contribution in [-0.4, -0.2) is 54.3 Å². The number of anilines is 1. The Balaban J connectivity index is 1.31. The van der Waals surface area contributed by atoms with Gasteiger partial charge in [-0.2, -0.15) is 0 Å². The number of nitrogens with one attached hydrogen (secondary N) is 1. The fraction of sp³-hybridized carbons (Fsp3) is 0.280. The van der Waals surface area contributed by atoms with E-state index < -0.39 is 0 Å². The van der Waals surface area contributed by atoms with Crippen LogP contribution in [0.3, 0.4) is 0 Å². The van der Waals surface area contributed by atoms with Crippen molar-refractivity contribution in [3.63, 3.8) is 0 Å². The molecular formula is C25H26ClN3O3. The van der Waals surface area contributed by atoms with Crippen molar-refractivity contribution >= 4 is 29.1 Å². The monoisotopic (exact) mass is 451 g/mol. The van der Waals surface area contributed by atoms with Crippen molar-refractivity contribution in [2.75, 3.05) is 38.0 Å². The highest BCUT2D eigenvalue weighted by atomic mass is 35.5. The van der Waals surface area contributed by atoms with Gasteiger partial charge in [0.1, 0.15) is 5.76 Å². The molecule has 3 aromatic rings. The van der Waals surface area contributed by atoms with Gasteiger partial charge < -0.3 is 14.6 Å². The zero-order valence-electron chi connectivity index (χ0n) is 18.2. The molecule has 2 amide bonds. The number of piperazine rings is 1. The first-order chi connectivity index (χ1) is 15.4. The number of carbonyl (C=O) groups is 2. The van der Waals surface area contributed by atoms with Crippen LogP contribution in [0.1, 0.15) is 21.7 Å². The molecular weight excluding hydrogens is 426 g/mol. The van der Waals surface area contributed by atoms with Crippen LogP contribution < -0.4 is 5.32 Å². The third kappa shape index (κ3) is 4.87. The number of halogens is 1. The molecule has 2 heterocycles. The van der Waals surface area contributed by atoms with E-state index in [1.165, 1.54) is 0 Å². The molecule has 0 radical (unpaired) electrons. The van der Waals surface area contributed by atoms with E-state index in [1.54, 1.807) is 23.1 Å². The number of benzene rings is 2. The molecule has 7 heteroatoms. The Bertz CT molecular complexity index is 1130. The van der Waals surface area contributed by atoms with Gasteiger partial charge in [0.25, 0.3) is 5.91 Å². The first-order valence-electron chi connectivity index (χ1n) is 10.6. The van der Waals surface area contributed by atoms with Crippen LogP contribution in [-0.2, 0) is 4.79 Å². The highest BCUT2D eigenvalue weighted by Gasteiger charge is 2.25. The van der Waals surface area contributed by atoms with Crippen LogP contribution >= 0.6 is 11.6 Å². The summed E-state index contributed by atoms with van der Waals surface area (Å²) in [6, 6.07) is 16.7. The lowest BCUT2D eigenvalue weighted by molar-refractivity contribution is -0.117. The van der Waals surface area contributed by atoms with Gasteiger partial charge in [-0.05, 0) is 55.3 Å². The maximum absolute atomic E-state index is 12.9. The minimum Gasteiger partial charge on any atom is -0.451 e. The van der Waals surface area contributed by atoms with E-state index in [9.17, 15) is 9.59 Å². The summed E-state index contributed by atoms with van der Waals surface area (Å²) in [5, 5.41) is 3.57. The maximum Gasteiger partial charge on any atom is 0.289 e. The second kappa shape index (κ2) is 9.59. The predicted molar refractivity (Wildman–Crippen MR) is 126 cm³/mol. The molecule has 166 valence electrons. The molecule has 2 aromatic carbocycles. The van der Waals surface area contributed by atoms with Gasteiger partial charge in [-0.25, -0.2) is 0 Å². The summed E-state index contributed by atoms with van der Waals surface area (Å²) in [6.07, 6.45) is 0. The summed E-state index contributed by atoms with van der Waals surface area (Å²) in [7, 11) is 0. The van der Waals surface area contributed by atoms with Crippen molar-refractivity contribution in [3.05, 3.63) is 76.5 Å². The van der Waals surface area contributed by atoms with Crippen LogP contribution in [0.4, 0.5) is 5.69 Å². The largest absolute Gasteiger partial charge is 0.451 e. The summed E-state index contributed by atoms with van der Waals surface area (Å²) >= 11 is 6.23. The Morgan fingerprint density at radius 3 is 2.47 bits per heavy atom. The van der Waals surface area contributed by atoms with Gasteiger partial charge in [-0.15, -0.1) is 0 Å². The van der Waals surface area contributed by atoms with E-state index in [-0.39, 0.29) is 11.8 Å². The zero-order valence-corrected chi connectivity index (χ0v) is 19.0. The summed E-state index contributed by atoms with van der Waals surface area (Å²) in [5.74, 6) is 0.665. The number of hydrogen-bond donors (Lipinski definition) is 1. The molecule has 1 aliphatic rings. The minimum absolute atomic E-state index is 0.0473. The molecule has 32 heavy (non-hydrogen) atoms. The number of rotatable bonds is 5. The molecule has 0 spiro atoms. The Labute approximate surface area is 192 Å². The number of furan rings is 1. The van der Waals surface area contributed by atoms with Crippen LogP contribution in [0, 0.1) is 13.8 Å². The Kier molecular flexibility index (Phi) is 6.63. The lowest BCUT2D eigenvalue weighted by Crippen LogP contribution is -2.50. The van der Waals surface area contributed by atoms with E-state index in [2.05, 4.69) is 10.2 Å². The van der Waals surface area contributed by atoms with Crippen LogP contribution in [0.2, 0.25) is 5.02 Å². The molecule has 1 saturated heterocycles. The standard InChI is InChI=1S/C25H26ClN3O3/c1-17-6-5-9-21(18(17)2)27-24(30)16-28-12-14-29(15-13-28)25(31)23-11-10-22(32-23)19-7-3-4-8-20(19)26/h3-11H,12-16H2,1-2H3,(H,27,30). The van der Waals surface area contributed by atoms with Crippen molar-refractivity contribution in [2.24, 2.45) is 0 Å². The van der Waals surface area contributed by atoms with E-state index in [1.807, 2.05) is 50.2 Å². The Hall–Kier alpha value is -3.09. The van der Waals surface area contributed by atoms with Crippen molar-refractivity contribution in [2.45, 2.75) is 13.8 Å². The van der Waals surface area contributed by atoms with Gasteiger partial charge >= 0.3 is 0 Å². The van der Waals surface area contributed by atoms with E-state index in [0.717, 1.165) is 22.4 Å². The molecule has 0 saturated carbocycles. The first-order valence-corrected chi connectivity index (χ1v) is 11.0. The van der Waals surface area contributed by atoms with Gasteiger partial charge in [0.15, 0.2) is 5.76 Å². The second-order valence-corrected chi connectivity index (χ2v) is 8.41. The van der Waals surface area contributed by atoms with Crippen molar-refractivity contribution < 1.29 is 14.0 Å². The molecule has 4 rings (SSSR count). The normalized spacial score (nSPS) is 14.4. The summed E-state index contributed by atoms with van der Waals surface area (Å²) in [5.41, 5.74) is 3.82. The van der Waals surface area contributed by atoms with Crippen LogP contribution in [0.5, 0.6) is 0 Å². The van der Waals surface area contributed by atoms with Crippen molar-refractivity contribution in [3.8, 4) is 11.3 Å². The summed E-state index contributed by atoms with van der Waals surface area (Å²) < 4.78 is 5.79. The number of aryl methyl sites for hydroxylation is 1. The fourth-order valence-electron chi connectivity index (χ4n) is 3.80. The van der Waals surface area contributed by atoms with E-state index >= 15 is 0 Å². The molecule has 0 atom stereocenters. The number of hydrogen-bond acceptors (Lipinski definition) is 4. The van der Waals surface area contributed by atoms with Crippen molar-refractivity contribution in [1.82, 2.24) is 9.80 Å². The molecule has 1 N–H and O–H groups in total. The lowest BCUT2D eigenvalue weighted by Gasteiger charge is -2.33. The van der Waals surface area contributed by atoms with E-state index in [4.69, 9.17) is 16.0 Å². The second-order valence-electron chi connectivity index (χ2n) is 8.01. The van der Waals surface area contributed by atoms with Crippen LogP contribution in [0.25, 0.3) is 11.3 Å². The minimum atomic E-state index is -0.150. The van der Waals surface area contributed by atoms with Crippen molar-refractivity contribution in [1.29, 1.82) is 0 Å². The Morgan fingerprint density at radius 1 is 0.969 bits per heavy atom. The Morgan fingerprint density at radius 2 is 1.72 bits per heavy atom. The van der Waals surface area contributed by atoms with Gasteiger partial charge in [0, 0.05) is 37.4 Å². The highest BCUT2D eigenvalue weighted by Crippen LogP contribution is 2.29. The molecule has 0 aliphatic carbocycles. The highest BCUT2D eigenvalue weighted by molar-refractivity contribution is 6.33. The van der Waals surface area contributed by atoms with Gasteiger partial charge in [0.2, 0.25) is 5.91 Å².